The Morgan fingerprint density at radius 1 is 1.12 bits per heavy atom. The van der Waals surface area contributed by atoms with E-state index in [1.165, 1.54) is 6.26 Å². The standard InChI is InChI=1S/C19H12BrN3O3/c20-11-7-8-12(15(10-11)23-18(24)16-6-3-9-26-16)17-19(25)22-14-5-2-1-4-13(14)21-17/h1-10H,(H,22,25)(H,23,24). The van der Waals surface area contributed by atoms with Gasteiger partial charge in [-0.1, -0.05) is 28.1 Å². The molecule has 2 N–H and O–H groups in total. The number of nitrogens with zero attached hydrogens (tertiary/aromatic N) is 1. The summed E-state index contributed by atoms with van der Waals surface area (Å²) in [6, 6.07) is 15.7. The van der Waals surface area contributed by atoms with E-state index in [1.54, 1.807) is 36.4 Å². The molecule has 6 nitrogen and oxygen atoms in total. The Balaban J connectivity index is 1.83. The van der Waals surface area contributed by atoms with E-state index in [0.29, 0.717) is 22.3 Å². The zero-order chi connectivity index (χ0) is 18.1. The number of benzene rings is 2. The lowest BCUT2D eigenvalue weighted by molar-refractivity contribution is 0.0996. The van der Waals surface area contributed by atoms with Crippen molar-refractivity contribution in [2.45, 2.75) is 0 Å². The first-order valence-corrected chi connectivity index (χ1v) is 8.55. The Kier molecular flexibility index (Phi) is 4.14. The summed E-state index contributed by atoms with van der Waals surface area (Å²) < 4.78 is 5.88. The van der Waals surface area contributed by atoms with Crippen LogP contribution in [0.25, 0.3) is 22.3 Å². The summed E-state index contributed by atoms with van der Waals surface area (Å²) in [5, 5.41) is 2.77. The third-order valence-corrected chi connectivity index (χ3v) is 4.32. The molecule has 2 aromatic carbocycles. The zero-order valence-electron chi connectivity index (χ0n) is 13.3. The second-order valence-corrected chi connectivity index (χ2v) is 6.47. The van der Waals surface area contributed by atoms with E-state index >= 15 is 0 Å². The molecule has 1 amide bonds. The zero-order valence-corrected chi connectivity index (χ0v) is 14.9. The smallest absolute Gasteiger partial charge is 0.291 e. The van der Waals surface area contributed by atoms with E-state index in [9.17, 15) is 9.59 Å². The lowest BCUT2D eigenvalue weighted by Gasteiger charge is -2.11. The molecule has 128 valence electrons. The number of hydrogen-bond acceptors (Lipinski definition) is 4. The highest BCUT2D eigenvalue weighted by Gasteiger charge is 2.16. The molecule has 0 saturated heterocycles. The van der Waals surface area contributed by atoms with Crippen molar-refractivity contribution in [1.82, 2.24) is 9.97 Å². The van der Waals surface area contributed by atoms with Gasteiger partial charge in [0.25, 0.3) is 11.5 Å². The largest absolute Gasteiger partial charge is 0.459 e. The molecule has 0 aliphatic heterocycles. The number of anilines is 1. The van der Waals surface area contributed by atoms with Crippen molar-refractivity contribution < 1.29 is 9.21 Å². The van der Waals surface area contributed by atoms with Crippen LogP contribution < -0.4 is 10.9 Å². The van der Waals surface area contributed by atoms with Crippen LogP contribution in [-0.4, -0.2) is 15.9 Å². The van der Waals surface area contributed by atoms with Crippen molar-refractivity contribution in [2.75, 3.05) is 5.32 Å². The highest BCUT2D eigenvalue weighted by molar-refractivity contribution is 9.10. The van der Waals surface area contributed by atoms with Gasteiger partial charge < -0.3 is 14.7 Å². The monoisotopic (exact) mass is 409 g/mol. The van der Waals surface area contributed by atoms with E-state index in [2.05, 4.69) is 31.2 Å². The van der Waals surface area contributed by atoms with Gasteiger partial charge in [-0.2, -0.15) is 0 Å². The average Bonchev–Trinajstić information content (AvgIpc) is 3.16. The number of rotatable bonds is 3. The minimum atomic E-state index is -0.411. The molecule has 0 saturated carbocycles. The Hall–Kier alpha value is -3.19. The number of halogens is 1. The summed E-state index contributed by atoms with van der Waals surface area (Å²) >= 11 is 3.38. The summed E-state index contributed by atoms with van der Waals surface area (Å²) in [6.45, 7) is 0. The van der Waals surface area contributed by atoms with Crippen molar-refractivity contribution in [2.24, 2.45) is 0 Å². The van der Waals surface area contributed by atoms with E-state index in [0.717, 1.165) is 4.47 Å². The molecule has 0 atom stereocenters. The molecule has 0 aliphatic carbocycles. The van der Waals surface area contributed by atoms with Gasteiger partial charge >= 0.3 is 0 Å². The van der Waals surface area contributed by atoms with Crippen LogP contribution in [0.2, 0.25) is 0 Å². The van der Waals surface area contributed by atoms with E-state index in [1.807, 2.05) is 18.2 Å². The summed E-state index contributed by atoms with van der Waals surface area (Å²) in [5.41, 5.74) is 2.17. The lowest BCUT2D eigenvalue weighted by atomic mass is 10.1. The van der Waals surface area contributed by atoms with Gasteiger partial charge in [0.05, 0.1) is 23.0 Å². The van der Waals surface area contributed by atoms with Crippen LogP contribution in [0.5, 0.6) is 0 Å². The minimum absolute atomic E-state index is 0.177. The fraction of sp³-hybridized carbons (Fsp3) is 0. The first-order valence-electron chi connectivity index (χ1n) is 7.75. The Labute approximate surface area is 156 Å². The number of nitrogens with one attached hydrogen (secondary N) is 2. The number of para-hydroxylation sites is 2. The number of fused-ring (bicyclic) bond motifs is 1. The number of H-pyrrole nitrogens is 1. The molecule has 0 fully saturated rings. The molecule has 4 rings (SSSR count). The second kappa shape index (κ2) is 6.61. The predicted molar refractivity (Wildman–Crippen MR) is 102 cm³/mol. The highest BCUT2D eigenvalue weighted by Crippen LogP contribution is 2.29. The summed E-state index contributed by atoms with van der Waals surface area (Å²) in [5.74, 6) is -0.233. The molecule has 0 radical (unpaired) electrons. The number of amides is 1. The molecule has 0 bridgehead atoms. The molecule has 0 unspecified atom stereocenters. The lowest BCUT2D eigenvalue weighted by Crippen LogP contribution is -2.15. The predicted octanol–water partition coefficient (Wildman–Crippen LogP) is 4.20. The van der Waals surface area contributed by atoms with Crippen molar-refractivity contribution >= 4 is 38.6 Å². The van der Waals surface area contributed by atoms with Gasteiger partial charge in [-0.05, 0) is 42.5 Å². The van der Waals surface area contributed by atoms with Crippen molar-refractivity contribution in [3.63, 3.8) is 0 Å². The molecule has 4 aromatic rings. The summed E-state index contributed by atoms with van der Waals surface area (Å²) in [6.07, 6.45) is 1.42. The summed E-state index contributed by atoms with van der Waals surface area (Å²) in [7, 11) is 0. The molecule has 7 heteroatoms. The number of furan rings is 1. The van der Waals surface area contributed by atoms with E-state index < -0.39 is 5.91 Å². The van der Waals surface area contributed by atoms with Gasteiger partial charge in [-0.15, -0.1) is 0 Å². The Bertz CT molecular complexity index is 1170. The van der Waals surface area contributed by atoms with Gasteiger partial charge in [-0.3, -0.25) is 9.59 Å². The number of carbonyl (C=O) groups excluding carboxylic acids is 1. The van der Waals surface area contributed by atoms with Gasteiger partial charge in [0.2, 0.25) is 0 Å². The van der Waals surface area contributed by atoms with Gasteiger partial charge in [0.15, 0.2) is 5.76 Å². The van der Waals surface area contributed by atoms with E-state index in [-0.39, 0.29) is 17.0 Å². The molecular formula is C19H12BrN3O3. The fourth-order valence-corrected chi connectivity index (χ4v) is 2.99. The number of carbonyl (C=O) groups is 1. The normalized spacial score (nSPS) is 10.8. The molecule has 2 aromatic heterocycles. The molecule has 0 spiro atoms. The number of aromatic nitrogens is 2. The Morgan fingerprint density at radius 2 is 1.96 bits per heavy atom. The van der Waals surface area contributed by atoms with Crippen LogP contribution in [0.3, 0.4) is 0 Å². The molecule has 2 heterocycles. The van der Waals surface area contributed by atoms with Crippen LogP contribution >= 0.6 is 15.9 Å². The maximum Gasteiger partial charge on any atom is 0.291 e. The summed E-state index contributed by atoms with van der Waals surface area (Å²) in [4.78, 5) is 32.2. The first-order chi connectivity index (χ1) is 12.6. The van der Waals surface area contributed by atoms with Gasteiger partial charge in [0, 0.05) is 10.0 Å². The van der Waals surface area contributed by atoms with Crippen LogP contribution in [-0.2, 0) is 0 Å². The van der Waals surface area contributed by atoms with Gasteiger partial charge in [-0.25, -0.2) is 4.98 Å². The van der Waals surface area contributed by atoms with Crippen molar-refractivity contribution in [1.29, 1.82) is 0 Å². The van der Waals surface area contributed by atoms with Crippen molar-refractivity contribution in [3.05, 3.63) is 81.4 Å². The third-order valence-electron chi connectivity index (χ3n) is 3.83. The van der Waals surface area contributed by atoms with Crippen LogP contribution in [0, 0.1) is 0 Å². The minimum Gasteiger partial charge on any atom is -0.459 e. The fourth-order valence-electron chi connectivity index (χ4n) is 2.63. The molecule has 0 aliphatic rings. The highest BCUT2D eigenvalue weighted by atomic mass is 79.9. The topological polar surface area (TPSA) is 88.0 Å². The molecular weight excluding hydrogens is 398 g/mol. The maximum absolute atomic E-state index is 12.5. The van der Waals surface area contributed by atoms with Crippen molar-refractivity contribution in [3.8, 4) is 11.3 Å². The van der Waals surface area contributed by atoms with Crippen LogP contribution in [0.15, 0.2) is 74.5 Å². The van der Waals surface area contributed by atoms with Crippen LogP contribution in [0.4, 0.5) is 5.69 Å². The maximum atomic E-state index is 12.5. The number of hydrogen-bond donors (Lipinski definition) is 2. The van der Waals surface area contributed by atoms with E-state index in [4.69, 9.17) is 4.42 Å². The van der Waals surface area contributed by atoms with Gasteiger partial charge in [0.1, 0.15) is 5.69 Å². The number of aromatic amines is 1. The SMILES string of the molecule is O=C(Nc1cc(Br)ccc1-c1nc2ccccc2[nH]c1=O)c1ccco1. The van der Waals surface area contributed by atoms with Crippen LogP contribution in [0.1, 0.15) is 10.6 Å². The first kappa shape index (κ1) is 16.3. The Morgan fingerprint density at radius 3 is 2.77 bits per heavy atom. The molecule has 26 heavy (non-hydrogen) atoms. The average molecular weight is 410 g/mol. The third kappa shape index (κ3) is 3.04. The second-order valence-electron chi connectivity index (χ2n) is 5.55. The quantitative estimate of drug-likeness (QED) is 0.530.